The first-order chi connectivity index (χ1) is 7.35. The molecule has 1 aliphatic heterocycles. The zero-order valence-electron chi connectivity index (χ0n) is 10.5. The lowest BCUT2D eigenvalue weighted by Crippen LogP contribution is -2.33. The standard InChI is InChI=1S/C13H18N2O/c1-8(2)10-6-11-9(7-14-10)13(3,4)12(16)15(11)5/h6-8H,1-5H3. The predicted octanol–water partition coefficient (Wildman–Crippen LogP) is 2.46. The van der Waals surface area contributed by atoms with Crippen molar-refractivity contribution in [1.29, 1.82) is 0 Å². The topological polar surface area (TPSA) is 33.2 Å². The molecule has 0 N–H and O–H groups in total. The molecule has 2 rings (SSSR count). The fourth-order valence-corrected chi connectivity index (χ4v) is 2.18. The zero-order chi connectivity index (χ0) is 12.1. The SMILES string of the molecule is CC(C)c1cc2c(cn1)C(C)(C)C(=O)N2C. The molecule has 1 aromatic heterocycles. The van der Waals surface area contributed by atoms with Crippen LogP contribution >= 0.6 is 0 Å². The van der Waals surface area contributed by atoms with Crippen LogP contribution in [0.15, 0.2) is 12.3 Å². The molecule has 0 aromatic carbocycles. The number of carbonyl (C=O) groups is 1. The lowest BCUT2D eigenvalue weighted by Gasteiger charge is -2.15. The van der Waals surface area contributed by atoms with Gasteiger partial charge < -0.3 is 4.90 Å². The van der Waals surface area contributed by atoms with E-state index < -0.39 is 5.41 Å². The highest BCUT2D eigenvalue weighted by molar-refractivity contribution is 6.07. The lowest BCUT2D eigenvalue weighted by atomic mass is 9.87. The number of hydrogen-bond acceptors (Lipinski definition) is 2. The average Bonchev–Trinajstić information content (AvgIpc) is 2.40. The monoisotopic (exact) mass is 218 g/mol. The summed E-state index contributed by atoms with van der Waals surface area (Å²) in [6.07, 6.45) is 1.85. The van der Waals surface area contributed by atoms with Gasteiger partial charge in [0, 0.05) is 24.5 Å². The van der Waals surface area contributed by atoms with Gasteiger partial charge in [0.15, 0.2) is 0 Å². The Morgan fingerprint density at radius 3 is 2.56 bits per heavy atom. The predicted molar refractivity (Wildman–Crippen MR) is 64.8 cm³/mol. The van der Waals surface area contributed by atoms with Crippen LogP contribution in [0.4, 0.5) is 5.69 Å². The average molecular weight is 218 g/mol. The molecule has 0 fully saturated rings. The Morgan fingerprint density at radius 1 is 1.38 bits per heavy atom. The van der Waals surface area contributed by atoms with Crippen molar-refractivity contribution in [2.75, 3.05) is 11.9 Å². The van der Waals surface area contributed by atoms with Crippen LogP contribution in [0.2, 0.25) is 0 Å². The normalized spacial score (nSPS) is 18.1. The summed E-state index contributed by atoms with van der Waals surface area (Å²) in [7, 11) is 1.83. The Bertz CT molecular complexity index is 449. The summed E-state index contributed by atoms with van der Waals surface area (Å²) in [5.41, 5.74) is 2.64. The molecule has 3 heteroatoms. The molecule has 0 spiro atoms. The van der Waals surface area contributed by atoms with E-state index in [-0.39, 0.29) is 5.91 Å². The van der Waals surface area contributed by atoms with Crippen molar-refractivity contribution in [3.05, 3.63) is 23.5 Å². The fraction of sp³-hybridized carbons (Fsp3) is 0.538. The van der Waals surface area contributed by atoms with Gasteiger partial charge in [0.05, 0.1) is 11.1 Å². The number of carbonyl (C=O) groups excluding carboxylic acids is 1. The molecule has 86 valence electrons. The van der Waals surface area contributed by atoms with Crippen LogP contribution in [-0.4, -0.2) is 17.9 Å². The molecule has 1 amide bonds. The van der Waals surface area contributed by atoms with E-state index in [4.69, 9.17) is 0 Å². The second-order valence-electron chi connectivity index (χ2n) is 5.27. The number of aromatic nitrogens is 1. The van der Waals surface area contributed by atoms with Crippen LogP contribution in [0.3, 0.4) is 0 Å². The third-order valence-electron chi connectivity index (χ3n) is 3.37. The molecule has 1 aliphatic rings. The van der Waals surface area contributed by atoms with E-state index in [9.17, 15) is 4.79 Å². The van der Waals surface area contributed by atoms with Crippen molar-refractivity contribution in [3.8, 4) is 0 Å². The van der Waals surface area contributed by atoms with Crippen molar-refractivity contribution in [2.45, 2.75) is 39.0 Å². The Kier molecular flexibility index (Phi) is 2.30. The van der Waals surface area contributed by atoms with Gasteiger partial charge in [0.25, 0.3) is 0 Å². The van der Waals surface area contributed by atoms with Gasteiger partial charge in [0.2, 0.25) is 5.91 Å². The highest BCUT2D eigenvalue weighted by atomic mass is 16.2. The number of amides is 1. The van der Waals surface area contributed by atoms with E-state index in [1.807, 2.05) is 33.2 Å². The first-order valence-electron chi connectivity index (χ1n) is 5.64. The fourth-order valence-electron chi connectivity index (χ4n) is 2.18. The van der Waals surface area contributed by atoms with Crippen LogP contribution in [0, 0.1) is 0 Å². The molecule has 0 radical (unpaired) electrons. The second kappa shape index (κ2) is 3.30. The number of anilines is 1. The minimum absolute atomic E-state index is 0.144. The summed E-state index contributed by atoms with van der Waals surface area (Å²) in [6, 6.07) is 2.03. The maximum absolute atomic E-state index is 12.1. The summed E-state index contributed by atoms with van der Waals surface area (Å²) in [6.45, 7) is 8.12. The second-order valence-corrected chi connectivity index (χ2v) is 5.27. The molecular weight excluding hydrogens is 200 g/mol. The highest BCUT2D eigenvalue weighted by Gasteiger charge is 2.42. The quantitative estimate of drug-likeness (QED) is 0.725. The minimum atomic E-state index is -0.438. The van der Waals surface area contributed by atoms with Crippen molar-refractivity contribution >= 4 is 11.6 Å². The Balaban J connectivity index is 2.59. The maximum atomic E-state index is 12.1. The largest absolute Gasteiger partial charge is 0.314 e. The number of rotatable bonds is 1. The Hall–Kier alpha value is -1.38. The molecule has 0 saturated heterocycles. The molecule has 16 heavy (non-hydrogen) atoms. The molecular formula is C13H18N2O. The van der Waals surface area contributed by atoms with Crippen LogP contribution in [0.5, 0.6) is 0 Å². The van der Waals surface area contributed by atoms with E-state index in [2.05, 4.69) is 18.8 Å². The number of pyridine rings is 1. The third-order valence-corrected chi connectivity index (χ3v) is 3.37. The number of nitrogens with zero attached hydrogens (tertiary/aromatic N) is 2. The first kappa shape index (κ1) is 11.1. The molecule has 2 heterocycles. The highest BCUT2D eigenvalue weighted by Crippen LogP contribution is 2.40. The summed E-state index contributed by atoms with van der Waals surface area (Å²) in [5, 5.41) is 0. The van der Waals surface area contributed by atoms with Gasteiger partial charge >= 0.3 is 0 Å². The van der Waals surface area contributed by atoms with Gasteiger partial charge in [-0.3, -0.25) is 9.78 Å². The van der Waals surface area contributed by atoms with Crippen molar-refractivity contribution < 1.29 is 4.79 Å². The van der Waals surface area contributed by atoms with Crippen molar-refractivity contribution in [3.63, 3.8) is 0 Å². The van der Waals surface area contributed by atoms with Crippen molar-refractivity contribution in [2.24, 2.45) is 0 Å². The molecule has 1 aromatic rings. The molecule has 0 unspecified atom stereocenters. The van der Waals surface area contributed by atoms with Crippen LogP contribution < -0.4 is 4.90 Å². The zero-order valence-corrected chi connectivity index (χ0v) is 10.5. The molecule has 0 bridgehead atoms. The van der Waals surface area contributed by atoms with E-state index in [0.29, 0.717) is 5.92 Å². The summed E-state index contributed by atoms with van der Waals surface area (Å²) >= 11 is 0. The van der Waals surface area contributed by atoms with Gasteiger partial charge in [-0.25, -0.2) is 0 Å². The Morgan fingerprint density at radius 2 is 2.00 bits per heavy atom. The van der Waals surface area contributed by atoms with Gasteiger partial charge in [-0.1, -0.05) is 13.8 Å². The van der Waals surface area contributed by atoms with Crippen LogP contribution in [0.1, 0.15) is 44.9 Å². The van der Waals surface area contributed by atoms with E-state index in [1.165, 1.54) is 0 Å². The van der Waals surface area contributed by atoms with Crippen LogP contribution in [-0.2, 0) is 10.2 Å². The molecule has 0 atom stereocenters. The number of likely N-dealkylation sites (N-methyl/N-ethyl adjacent to an activating group) is 1. The van der Waals surface area contributed by atoms with E-state index in [1.54, 1.807) is 4.90 Å². The third kappa shape index (κ3) is 1.34. The van der Waals surface area contributed by atoms with Gasteiger partial charge in [-0.15, -0.1) is 0 Å². The summed E-state index contributed by atoms with van der Waals surface area (Å²) < 4.78 is 0. The van der Waals surface area contributed by atoms with E-state index >= 15 is 0 Å². The van der Waals surface area contributed by atoms with Crippen LogP contribution in [0.25, 0.3) is 0 Å². The minimum Gasteiger partial charge on any atom is -0.314 e. The van der Waals surface area contributed by atoms with Gasteiger partial charge in [0.1, 0.15) is 0 Å². The molecule has 0 aliphatic carbocycles. The van der Waals surface area contributed by atoms with Gasteiger partial charge in [-0.05, 0) is 25.8 Å². The smallest absolute Gasteiger partial charge is 0.236 e. The number of hydrogen-bond donors (Lipinski definition) is 0. The summed E-state index contributed by atoms with van der Waals surface area (Å²) in [4.78, 5) is 18.2. The summed E-state index contributed by atoms with van der Waals surface area (Å²) in [5.74, 6) is 0.530. The molecule has 3 nitrogen and oxygen atoms in total. The first-order valence-corrected chi connectivity index (χ1v) is 5.64. The number of fused-ring (bicyclic) bond motifs is 1. The maximum Gasteiger partial charge on any atom is 0.236 e. The van der Waals surface area contributed by atoms with E-state index in [0.717, 1.165) is 16.9 Å². The Labute approximate surface area is 96.5 Å². The lowest BCUT2D eigenvalue weighted by molar-refractivity contribution is -0.121. The van der Waals surface area contributed by atoms with Gasteiger partial charge in [-0.2, -0.15) is 0 Å². The molecule has 0 saturated carbocycles. The van der Waals surface area contributed by atoms with Crippen molar-refractivity contribution in [1.82, 2.24) is 4.98 Å².